The molecule has 1 unspecified atom stereocenters. The Labute approximate surface area is 108 Å². The van der Waals surface area contributed by atoms with E-state index in [0.29, 0.717) is 17.9 Å². The van der Waals surface area contributed by atoms with Crippen molar-refractivity contribution in [3.05, 3.63) is 28.2 Å². The number of carbonyl (C=O) groups is 1. The molecule has 0 bridgehead atoms. The number of rotatable bonds is 3. The maximum Gasteiger partial charge on any atom is 0.337 e. The molecule has 0 amide bonds. The SMILES string of the molecule is COC(=O)c1ccc(Br)c(OC2CCOC2)c1. The van der Waals surface area contributed by atoms with E-state index in [-0.39, 0.29) is 12.1 Å². The minimum Gasteiger partial charge on any atom is -0.487 e. The van der Waals surface area contributed by atoms with Crippen LogP contribution in [0.3, 0.4) is 0 Å². The first-order valence-electron chi connectivity index (χ1n) is 5.33. The van der Waals surface area contributed by atoms with Crippen molar-refractivity contribution < 1.29 is 19.0 Å². The van der Waals surface area contributed by atoms with E-state index in [9.17, 15) is 4.79 Å². The van der Waals surface area contributed by atoms with Gasteiger partial charge in [-0.05, 0) is 34.1 Å². The van der Waals surface area contributed by atoms with E-state index in [1.165, 1.54) is 7.11 Å². The molecule has 0 spiro atoms. The van der Waals surface area contributed by atoms with Crippen LogP contribution in [-0.4, -0.2) is 32.4 Å². The highest BCUT2D eigenvalue weighted by Crippen LogP contribution is 2.28. The number of carbonyl (C=O) groups excluding carboxylic acids is 1. The second kappa shape index (κ2) is 5.51. The van der Waals surface area contributed by atoms with Crippen LogP contribution in [0.1, 0.15) is 16.8 Å². The van der Waals surface area contributed by atoms with Crippen molar-refractivity contribution in [2.24, 2.45) is 0 Å². The largest absolute Gasteiger partial charge is 0.487 e. The van der Waals surface area contributed by atoms with Gasteiger partial charge in [-0.2, -0.15) is 0 Å². The lowest BCUT2D eigenvalue weighted by Crippen LogP contribution is -2.16. The molecule has 1 aromatic rings. The van der Waals surface area contributed by atoms with Crippen molar-refractivity contribution in [1.82, 2.24) is 0 Å². The molecule has 0 radical (unpaired) electrons. The third-order valence-electron chi connectivity index (χ3n) is 2.53. The number of esters is 1. The highest BCUT2D eigenvalue weighted by atomic mass is 79.9. The Morgan fingerprint density at radius 1 is 1.53 bits per heavy atom. The molecule has 1 atom stereocenters. The average Bonchev–Trinajstić information content (AvgIpc) is 2.84. The van der Waals surface area contributed by atoms with Gasteiger partial charge in [0, 0.05) is 6.42 Å². The lowest BCUT2D eigenvalue weighted by atomic mass is 10.2. The molecule has 92 valence electrons. The quantitative estimate of drug-likeness (QED) is 0.804. The fraction of sp³-hybridized carbons (Fsp3) is 0.417. The van der Waals surface area contributed by atoms with E-state index in [1.54, 1.807) is 18.2 Å². The topological polar surface area (TPSA) is 44.8 Å². The lowest BCUT2D eigenvalue weighted by molar-refractivity contribution is 0.0599. The third kappa shape index (κ3) is 2.98. The van der Waals surface area contributed by atoms with Gasteiger partial charge < -0.3 is 14.2 Å². The van der Waals surface area contributed by atoms with Gasteiger partial charge in [0.1, 0.15) is 11.9 Å². The molecule has 1 aliphatic heterocycles. The zero-order valence-electron chi connectivity index (χ0n) is 9.44. The lowest BCUT2D eigenvalue weighted by Gasteiger charge is -2.14. The van der Waals surface area contributed by atoms with E-state index in [0.717, 1.165) is 17.5 Å². The maximum atomic E-state index is 11.4. The summed E-state index contributed by atoms with van der Waals surface area (Å²) >= 11 is 3.39. The highest BCUT2D eigenvalue weighted by Gasteiger charge is 2.19. The molecule has 1 aromatic carbocycles. The van der Waals surface area contributed by atoms with Crippen LogP contribution in [0.5, 0.6) is 5.75 Å². The zero-order valence-corrected chi connectivity index (χ0v) is 11.0. The van der Waals surface area contributed by atoms with Gasteiger partial charge in [0.05, 0.1) is 30.4 Å². The Balaban J connectivity index is 2.16. The average molecular weight is 301 g/mol. The van der Waals surface area contributed by atoms with E-state index >= 15 is 0 Å². The number of hydrogen-bond acceptors (Lipinski definition) is 4. The number of ether oxygens (including phenoxy) is 3. The predicted molar refractivity (Wildman–Crippen MR) is 65.3 cm³/mol. The van der Waals surface area contributed by atoms with Gasteiger partial charge in [-0.3, -0.25) is 0 Å². The van der Waals surface area contributed by atoms with E-state index in [1.807, 2.05) is 0 Å². The standard InChI is InChI=1S/C12H13BrO4/c1-15-12(14)8-2-3-10(13)11(6-8)17-9-4-5-16-7-9/h2-3,6,9H,4-5,7H2,1H3. The van der Waals surface area contributed by atoms with Crippen LogP contribution in [-0.2, 0) is 9.47 Å². The Hall–Kier alpha value is -1.07. The molecule has 1 saturated heterocycles. The molecule has 4 nitrogen and oxygen atoms in total. The highest BCUT2D eigenvalue weighted by molar-refractivity contribution is 9.10. The van der Waals surface area contributed by atoms with Crippen LogP contribution in [0.25, 0.3) is 0 Å². The fourth-order valence-corrected chi connectivity index (χ4v) is 1.96. The molecular formula is C12H13BrO4. The van der Waals surface area contributed by atoms with E-state index in [4.69, 9.17) is 9.47 Å². The summed E-state index contributed by atoms with van der Waals surface area (Å²) in [6.07, 6.45) is 0.925. The Bertz CT molecular complexity index is 413. The van der Waals surface area contributed by atoms with Crippen LogP contribution in [0.2, 0.25) is 0 Å². The molecule has 0 aliphatic carbocycles. The van der Waals surface area contributed by atoms with Crippen LogP contribution >= 0.6 is 15.9 Å². The van der Waals surface area contributed by atoms with Crippen LogP contribution < -0.4 is 4.74 Å². The number of hydrogen-bond donors (Lipinski definition) is 0. The van der Waals surface area contributed by atoms with Crippen molar-refractivity contribution >= 4 is 21.9 Å². The summed E-state index contributed by atoms with van der Waals surface area (Å²) in [6.45, 7) is 1.31. The van der Waals surface area contributed by atoms with Crippen LogP contribution in [0.15, 0.2) is 22.7 Å². The molecule has 0 saturated carbocycles. The minimum absolute atomic E-state index is 0.0548. The van der Waals surface area contributed by atoms with Crippen molar-refractivity contribution in [2.75, 3.05) is 20.3 Å². The first-order chi connectivity index (χ1) is 8.20. The van der Waals surface area contributed by atoms with Gasteiger partial charge in [0.25, 0.3) is 0 Å². The third-order valence-corrected chi connectivity index (χ3v) is 3.19. The first kappa shape index (κ1) is 12.4. The van der Waals surface area contributed by atoms with Gasteiger partial charge in [0.15, 0.2) is 0 Å². The smallest absolute Gasteiger partial charge is 0.337 e. The summed E-state index contributed by atoms with van der Waals surface area (Å²) in [4.78, 5) is 11.4. The Kier molecular flexibility index (Phi) is 4.02. The van der Waals surface area contributed by atoms with E-state index < -0.39 is 0 Å². The summed E-state index contributed by atoms with van der Waals surface area (Å²) in [7, 11) is 1.36. The molecule has 2 rings (SSSR count). The van der Waals surface area contributed by atoms with Gasteiger partial charge in [-0.1, -0.05) is 0 Å². The fourth-order valence-electron chi connectivity index (χ4n) is 1.62. The van der Waals surface area contributed by atoms with Gasteiger partial charge in [-0.25, -0.2) is 4.79 Å². The van der Waals surface area contributed by atoms with Crippen molar-refractivity contribution in [3.63, 3.8) is 0 Å². The molecule has 1 heterocycles. The van der Waals surface area contributed by atoms with Gasteiger partial charge in [-0.15, -0.1) is 0 Å². The van der Waals surface area contributed by atoms with Crippen molar-refractivity contribution in [2.45, 2.75) is 12.5 Å². The summed E-state index contributed by atoms with van der Waals surface area (Å²) in [5.74, 6) is 0.272. The maximum absolute atomic E-state index is 11.4. The molecule has 5 heteroatoms. The predicted octanol–water partition coefficient (Wildman–Crippen LogP) is 2.40. The zero-order chi connectivity index (χ0) is 12.3. The molecule has 0 aromatic heterocycles. The normalized spacial score (nSPS) is 19.1. The van der Waals surface area contributed by atoms with Crippen LogP contribution in [0.4, 0.5) is 0 Å². The first-order valence-corrected chi connectivity index (χ1v) is 6.12. The van der Waals surface area contributed by atoms with Gasteiger partial charge in [0.2, 0.25) is 0 Å². The summed E-state index contributed by atoms with van der Waals surface area (Å²) in [5, 5.41) is 0. The summed E-state index contributed by atoms with van der Waals surface area (Å²) in [6, 6.07) is 5.14. The molecule has 0 N–H and O–H groups in total. The van der Waals surface area contributed by atoms with Crippen molar-refractivity contribution in [3.8, 4) is 5.75 Å². The number of benzene rings is 1. The minimum atomic E-state index is -0.370. The number of methoxy groups -OCH3 is 1. The number of halogens is 1. The molecule has 1 fully saturated rings. The summed E-state index contributed by atoms with van der Waals surface area (Å²) < 4.78 is 16.5. The second-order valence-electron chi connectivity index (χ2n) is 3.74. The Morgan fingerprint density at radius 3 is 3.00 bits per heavy atom. The summed E-state index contributed by atoms with van der Waals surface area (Å²) in [5.41, 5.74) is 0.476. The monoisotopic (exact) mass is 300 g/mol. The Morgan fingerprint density at radius 2 is 2.35 bits per heavy atom. The molecule has 1 aliphatic rings. The van der Waals surface area contributed by atoms with Gasteiger partial charge >= 0.3 is 5.97 Å². The second-order valence-corrected chi connectivity index (χ2v) is 4.59. The molecular weight excluding hydrogens is 288 g/mol. The van der Waals surface area contributed by atoms with Crippen molar-refractivity contribution in [1.29, 1.82) is 0 Å². The van der Waals surface area contributed by atoms with E-state index in [2.05, 4.69) is 20.7 Å². The van der Waals surface area contributed by atoms with Crippen LogP contribution in [0, 0.1) is 0 Å². The molecule has 17 heavy (non-hydrogen) atoms.